The molecular formula is C40H77N5O14S2. The van der Waals surface area contributed by atoms with Crippen LogP contribution in [0.15, 0.2) is 0 Å². The number of nitrogens with one attached hydrogen (secondary N) is 4. The van der Waals surface area contributed by atoms with Gasteiger partial charge in [0.05, 0.1) is 99.1 Å². The van der Waals surface area contributed by atoms with Gasteiger partial charge in [-0.05, 0) is 38.0 Å². The van der Waals surface area contributed by atoms with Gasteiger partial charge in [-0.2, -0.15) is 0 Å². The average molecular weight is 916 g/mol. The van der Waals surface area contributed by atoms with E-state index < -0.39 is 23.9 Å². The van der Waals surface area contributed by atoms with Crippen molar-refractivity contribution in [3.63, 3.8) is 0 Å². The van der Waals surface area contributed by atoms with Gasteiger partial charge >= 0.3 is 0 Å². The molecule has 0 spiro atoms. The summed E-state index contributed by atoms with van der Waals surface area (Å²) in [5, 5.41) is 28.7. The van der Waals surface area contributed by atoms with E-state index in [1.54, 1.807) is 17.7 Å². The third-order valence-electron chi connectivity index (χ3n) is 8.23. The van der Waals surface area contributed by atoms with Crippen molar-refractivity contribution in [2.75, 3.05) is 125 Å². The highest BCUT2D eigenvalue weighted by atomic mass is 33.1. The Balaban J connectivity index is 4.80. The maximum Gasteiger partial charge on any atom is 0.243 e. The van der Waals surface area contributed by atoms with Crippen molar-refractivity contribution in [2.45, 2.75) is 95.9 Å². The molecule has 0 saturated carbocycles. The molecule has 8 N–H and O–H groups in total. The molecule has 3 unspecified atom stereocenters. The van der Waals surface area contributed by atoms with Crippen LogP contribution < -0.4 is 27.0 Å². The van der Waals surface area contributed by atoms with Crippen LogP contribution in [0.1, 0.15) is 79.1 Å². The molecular weight excluding hydrogens is 839 g/mol. The number of hydrogen-bond donors (Lipinski definition) is 7. The minimum Gasteiger partial charge on any atom is -0.395 e. The Morgan fingerprint density at radius 1 is 0.590 bits per heavy atom. The molecule has 0 aromatic heterocycles. The maximum atomic E-state index is 13.4. The van der Waals surface area contributed by atoms with Gasteiger partial charge in [-0.15, -0.1) is 0 Å². The molecule has 0 aromatic carbocycles. The molecule has 21 heteroatoms. The van der Waals surface area contributed by atoms with Gasteiger partial charge < -0.3 is 70.4 Å². The predicted octanol–water partition coefficient (Wildman–Crippen LogP) is 0.711. The zero-order valence-corrected chi connectivity index (χ0v) is 38.6. The number of rotatable bonds is 43. The van der Waals surface area contributed by atoms with Gasteiger partial charge in [-0.1, -0.05) is 49.3 Å². The van der Waals surface area contributed by atoms with E-state index >= 15 is 0 Å². The minimum atomic E-state index is -0.935. The van der Waals surface area contributed by atoms with Gasteiger partial charge in [0.25, 0.3) is 0 Å². The van der Waals surface area contributed by atoms with Gasteiger partial charge in [-0.25, -0.2) is 0 Å². The van der Waals surface area contributed by atoms with Crippen LogP contribution in [0.25, 0.3) is 0 Å². The van der Waals surface area contributed by atoms with Crippen LogP contribution in [0, 0.1) is 5.92 Å². The fourth-order valence-corrected chi connectivity index (χ4v) is 7.49. The van der Waals surface area contributed by atoms with Crippen molar-refractivity contribution in [1.82, 2.24) is 21.3 Å². The van der Waals surface area contributed by atoms with Crippen LogP contribution in [-0.4, -0.2) is 181 Å². The smallest absolute Gasteiger partial charge is 0.243 e. The molecule has 61 heavy (non-hydrogen) atoms. The highest BCUT2D eigenvalue weighted by Crippen LogP contribution is 2.35. The summed E-state index contributed by atoms with van der Waals surface area (Å²) in [6.45, 7) is 13.7. The van der Waals surface area contributed by atoms with E-state index in [1.807, 2.05) is 20.8 Å². The number of primary amides is 1. The van der Waals surface area contributed by atoms with E-state index in [2.05, 4.69) is 21.3 Å². The van der Waals surface area contributed by atoms with Crippen LogP contribution in [0.4, 0.5) is 0 Å². The first kappa shape index (κ1) is 58.7. The Labute approximate surface area is 370 Å². The number of ether oxygens (including phenoxy) is 7. The first-order valence-corrected chi connectivity index (χ1v) is 23.6. The lowest BCUT2D eigenvalue weighted by molar-refractivity contribution is -0.131. The SMILES string of the molecule is CCC(=O)NCCCCC(NC(=O)CCC(CCC(=O)NCCO)COCCOCCOCCOCCOCCOCCOCCO)C(=O)NC(CSSC(C)(C)C)C(N)=O. The highest BCUT2D eigenvalue weighted by molar-refractivity contribution is 8.77. The Morgan fingerprint density at radius 3 is 1.56 bits per heavy atom. The van der Waals surface area contributed by atoms with Crippen molar-refractivity contribution in [1.29, 1.82) is 0 Å². The summed E-state index contributed by atoms with van der Waals surface area (Å²) in [7, 11) is 2.99. The summed E-state index contributed by atoms with van der Waals surface area (Å²) >= 11 is 0. The zero-order valence-electron chi connectivity index (χ0n) is 37.0. The number of carbonyl (C=O) groups is 5. The third kappa shape index (κ3) is 39.0. The van der Waals surface area contributed by atoms with E-state index in [0.29, 0.717) is 125 Å². The van der Waals surface area contributed by atoms with Gasteiger partial charge in [0.15, 0.2) is 0 Å². The van der Waals surface area contributed by atoms with Crippen LogP contribution in [0.3, 0.4) is 0 Å². The standard InChI is InChI=1S/C40H77N5O14S2/c1-5-35(48)42-13-7-6-8-33(39(52)45-34(38(41)51)31-60-61-40(2,3)4)44-37(50)12-10-32(9-11-36(49)43-14-15-46)30-59-29-28-58-27-26-57-25-24-56-23-22-55-21-20-54-19-18-53-17-16-47/h32-34,46-47H,5-31H2,1-4H3,(H2,41,51)(H,42,48)(H,43,49)(H,44,50)(H,45,52). The fraction of sp³-hybridized carbons (Fsp3) is 0.875. The molecule has 0 aliphatic carbocycles. The lowest BCUT2D eigenvalue weighted by atomic mass is 9.97. The normalized spacial score (nSPS) is 13.0. The number of carbonyl (C=O) groups excluding carboxylic acids is 5. The average Bonchev–Trinajstić information content (AvgIpc) is 3.22. The third-order valence-corrected chi connectivity index (χ3v) is 11.6. The monoisotopic (exact) mass is 915 g/mol. The molecule has 0 aliphatic rings. The lowest BCUT2D eigenvalue weighted by Crippen LogP contribution is -2.53. The Bertz CT molecular complexity index is 1140. The van der Waals surface area contributed by atoms with Crippen LogP contribution in [0.2, 0.25) is 0 Å². The molecule has 0 heterocycles. The summed E-state index contributed by atoms with van der Waals surface area (Å²) in [5.41, 5.74) is 5.62. The van der Waals surface area contributed by atoms with Gasteiger partial charge in [-0.3, -0.25) is 24.0 Å². The summed E-state index contributed by atoms with van der Waals surface area (Å²) in [6.07, 6.45) is 2.81. The fourth-order valence-electron chi connectivity index (χ4n) is 5.01. The molecule has 0 aromatic rings. The van der Waals surface area contributed by atoms with Gasteiger partial charge in [0.2, 0.25) is 29.5 Å². The molecule has 0 saturated heterocycles. The van der Waals surface area contributed by atoms with E-state index in [4.69, 9.17) is 49.1 Å². The van der Waals surface area contributed by atoms with Crippen molar-refractivity contribution in [3.05, 3.63) is 0 Å². The van der Waals surface area contributed by atoms with Crippen LogP contribution in [-0.2, 0) is 57.1 Å². The summed E-state index contributed by atoms with van der Waals surface area (Å²) in [4.78, 5) is 62.9. The van der Waals surface area contributed by atoms with Crippen molar-refractivity contribution in [2.24, 2.45) is 11.7 Å². The molecule has 3 atom stereocenters. The molecule has 5 amide bonds. The number of aliphatic hydroxyl groups is 2. The lowest BCUT2D eigenvalue weighted by Gasteiger charge is -2.23. The van der Waals surface area contributed by atoms with E-state index in [9.17, 15) is 24.0 Å². The Hall–Kier alpha value is -2.31. The molecule has 0 rings (SSSR count). The van der Waals surface area contributed by atoms with E-state index in [0.717, 1.165) is 0 Å². The number of aliphatic hydroxyl groups excluding tert-OH is 2. The minimum absolute atomic E-state index is 0.00599. The summed E-state index contributed by atoms with van der Waals surface area (Å²) in [5.74, 6) is -1.77. The summed E-state index contributed by atoms with van der Waals surface area (Å²) in [6, 6.07) is -1.87. The van der Waals surface area contributed by atoms with Gasteiger partial charge in [0.1, 0.15) is 12.1 Å². The van der Waals surface area contributed by atoms with Crippen molar-refractivity contribution >= 4 is 51.1 Å². The summed E-state index contributed by atoms with van der Waals surface area (Å²) < 4.78 is 38.2. The molecule has 0 aliphatic heterocycles. The number of unbranched alkanes of at least 4 members (excludes halogenated alkanes) is 1. The largest absolute Gasteiger partial charge is 0.395 e. The van der Waals surface area contributed by atoms with Crippen LogP contribution >= 0.6 is 21.6 Å². The molecule has 358 valence electrons. The van der Waals surface area contributed by atoms with E-state index in [1.165, 1.54) is 10.8 Å². The number of hydrogen-bond acceptors (Lipinski definition) is 16. The van der Waals surface area contributed by atoms with Crippen molar-refractivity contribution < 1.29 is 67.3 Å². The topological polar surface area (TPSA) is 265 Å². The second kappa shape index (κ2) is 40.5. The maximum absolute atomic E-state index is 13.4. The first-order chi connectivity index (χ1) is 29.3. The second-order valence-corrected chi connectivity index (χ2v) is 17.9. The molecule has 0 bridgehead atoms. The molecule has 0 radical (unpaired) electrons. The highest BCUT2D eigenvalue weighted by Gasteiger charge is 2.27. The number of amides is 5. The second-order valence-electron chi connectivity index (χ2n) is 14.8. The Morgan fingerprint density at radius 2 is 1.08 bits per heavy atom. The van der Waals surface area contributed by atoms with Crippen molar-refractivity contribution in [3.8, 4) is 0 Å². The zero-order chi connectivity index (χ0) is 45.4. The van der Waals surface area contributed by atoms with Crippen LogP contribution in [0.5, 0.6) is 0 Å². The predicted molar refractivity (Wildman–Crippen MR) is 235 cm³/mol. The quantitative estimate of drug-likeness (QED) is 0.0328. The van der Waals surface area contributed by atoms with Gasteiger partial charge in [0, 0.05) is 49.5 Å². The Kier molecular flexibility index (Phi) is 38.9. The number of nitrogens with two attached hydrogens (primary N) is 1. The molecule has 19 nitrogen and oxygen atoms in total. The molecule has 0 fully saturated rings. The van der Waals surface area contributed by atoms with E-state index in [-0.39, 0.29) is 79.8 Å². The first-order valence-electron chi connectivity index (χ1n) is 21.3.